The van der Waals surface area contributed by atoms with Crippen LogP contribution in [0, 0.1) is 17.0 Å². The van der Waals surface area contributed by atoms with E-state index in [1.54, 1.807) is 12.1 Å². The van der Waals surface area contributed by atoms with Crippen molar-refractivity contribution in [2.24, 2.45) is 0 Å². The number of anilines is 2. The second-order valence-corrected chi connectivity index (χ2v) is 8.03. The Labute approximate surface area is 195 Å². The van der Waals surface area contributed by atoms with Crippen molar-refractivity contribution in [3.63, 3.8) is 0 Å². The van der Waals surface area contributed by atoms with Crippen LogP contribution in [0.25, 0.3) is 22.6 Å². The second kappa shape index (κ2) is 8.95. The lowest BCUT2D eigenvalue weighted by Gasteiger charge is -2.30. The minimum absolute atomic E-state index is 0.140. The van der Waals surface area contributed by atoms with Crippen molar-refractivity contribution in [1.82, 2.24) is 4.98 Å². The van der Waals surface area contributed by atoms with Crippen molar-refractivity contribution >= 4 is 34.1 Å². The maximum absolute atomic E-state index is 13.4. The van der Waals surface area contributed by atoms with Gasteiger partial charge in [0, 0.05) is 36.5 Å². The predicted octanol–water partition coefficient (Wildman–Crippen LogP) is 4.80. The van der Waals surface area contributed by atoms with Gasteiger partial charge >= 0.3 is 0 Å². The first kappa shape index (κ1) is 21.6. The molecule has 0 radical (unpaired) electrons. The van der Waals surface area contributed by atoms with Crippen LogP contribution < -0.4 is 10.2 Å². The molecule has 1 aliphatic heterocycles. The number of ether oxygens (including phenoxy) is 1. The van der Waals surface area contributed by atoms with E-state index in [2.05, 4.69) is 10.3 Å². The van der Waals surface area contributed by atoms with Gasteiger partial charge in [0.2, 0.25) is 5.89 Å². The number of aromatic nitrogens is 1. The molecule has 3 aromatic carbocycles. The number of morpholine rings is 1. The first-order valence-electron chi connectivity index (χ1n) is 10.9. The fourth-order valence-corrected chi connectivity index (χ4v) is 3.97. The number of carbonyl (C=O) groups is 1. The zero-order chi connectivity index (χ0) is 23.7. The molecular weight excluding hydrogens is 436 g/mol. The van der Waals surface area contributed by atoms with Crippen LogP contribution in [0.3, 0.4) is 0 Å². The van der Waals surface area contributed by atoms with Gasteiger partial charge in [0.1, 0.15) is 5.52 Å². The number of nitrogens with zero attached hydrogens (tertiary/aromatic N) is 3. The molecule has 0 spiro atoms. The van der Waals surface area contributed by atoms with E-state index >= 15 is 0 Å². The Morgan fingerprint density at radius 1 is 1.09 bits per heavy atom. The molecule has 0 aliphatic carbocycles. The average molecular weight is 458 g/mol. The van der Waals surface area contributed by atoms with E-state index in [4.69, 9.17) is 9.15 Å². The van der Waals surface area contributed by atoms with Crippen LogP contribution in [0.5, 0.6) is 0 Å². The van der Waals surface area contributed by atoms with Crippen LogP contribution in [-0.2, 0) is 4.74 Å². The number of benzene rings is 3. The molecule has 5 rings (SSSR count). The Bertz CT molecular complexity index is 1360. The van der Waals surface area contributed by atoms with E-state index < -0.39 is 10.8 Å². The lowest BCUT2D eigenvalue weighted by Crippen LogP contribution is -2.37. The van der Waals surface area contributed by atoms with E-state index in [9.17, 15) is 14.9 Å². The molecule has 9 heteroatoms. The smallest absolute Gasteiger partial charge is 0.270 e. The van der Waals surface area contributed by atoms with Crippen LogP contribution in [0.2, 0.25) is 0 Å². The molecule has 0 saturated carbocycles. The first-order chi connectivity index (χ1) is 16.5. The Balaban J connectivity index is 1.48. The van der Waals surface area contributed by atoms with Gasteiger partial charge in [-0.25, -0.2) is 4.98 Å². The first-order valence-corrected chi connectivity index (χ1v) is 10.9. The van der Waals surface area contributed by atoms with Gasteiger partial charge in [-0.2, -0.15) is 0 Å². The molecule has 2 heterocycles. The summed E-state index contributed by atoms with van der Waals surface area (Å²) in [5.74, 6) is 0.0176. The number of nitro benzene ring substituents is 1. The zero-order valence-electron chi connectivity index (χ0n) is 18.5. The van der Waals surface area contributed by atoms with Gasteiger partial charge in [0.15, 0.2) is 5.58 Å². The Kier molecular flexibility index (Phi) is 5.69. The molecule has 1 N–H and O–H groups in total. The van der Waals surface area contributed by atoms with Crippen molar-refractivity contribution < 1.29 is 18.9 Å². The Morgan fingerprint density at radius 2 is 1.88 bits per heavy atom. The summed E-state index contributed by atoms with van der Waals surface area (Å²) in [4.78, 5) is 30.8. The standard InChI is InChI=1S/C25H22N4O5/c1-16-6-7-17(25-27-20-4-2-3-5-23(20)34-25)14-21(16)26-24(30)19-15-18(29(31)32)8-9-22(19)28-10-12-33-13-11-28/h2-9,14-15H,10-13H2,1H3,(H,26,30). The van der Waals surface area contributed by atoms with Gasteiger partial charge in [0.25, 0.3) is 11.6 Å². The number of hydrogen-bond acceptors (Lipinski definition) is 7. The summed E-state index contributed by atoms with van der Waals surface area (Å²) in [7, 11) is 0. The van der Waals surface area contributed by atoms with Crippen LogP contribution in [0.4, 0.5) is 17.1 Å². The number of oxazole rings is 1. The number of rotatable bonds is 5. The predicted molar refractivity (Wildman–Crippen MR) is 128 cm³/mol. The van der Waals surface area contributed by atoms with Gasteiger partial charge in [-0.3, -0.25) is 14.9 Å². The van der Waals surface area contributed by atoms with E-state index in [1.165, 1.54) is 12.1 Å². The topological polar surface area (TPSA) is 111 Å². The molecule has 1 aliphatic rings. The molecule has 0 unspecified atom stereocenters. The summed E-state index contributed by atoms with van der Waals surface area (Å²) < 4.78 is 11.3. The third kappa shape index (κ3) is 4.20. The van der Waals surface area contributed by atoms with Crippen LogP contribution in [0.1, 0.15) is 15.9 Å². The minimum Gasteiger partial charge on any atom is -0.436 e. The largest absolute Gasteiger partial charge is 0.436 e. The van der Waals surface area contributed by atoms with Crippen LogP contribution in [0.15, 0.2) is 65.1 Å². The van der Waals surface area contributed by atoms with Crippen LogP contribution >= 0.6 is 0 Å². The molecule has 172 valence electrons. The lowest BCUT2D eigenvalue weighted by atomic mass is 10.1. The highest BCUT2D eigenvalue weighted by Gasteiger charge is 2.23. The Morgan fingerprint density at radius 3 is 2.65 bits per heavy atom. The van der Waals surface area contributed by atoms with Gasteiger partial charge in [0.05, 0.1) is 29.4 Å². The average Bonchev–Trinajstić information content (AvgIpc) is 3.30. The molecule has 9 nitrogen and oxygen atoms in total. The van der Waals surface area contributed by atoms with E-state index in [-0.39, 0.29) is 11.3 Å². The Hall–Kier alpha value is -4.24. The summed E-state index contributed by atoms with van der Waals surface area (Å²) in [6.07, 6.45) is 0. The third-order valence-electron chi connectivity index (χ3n) is 5.81. The molecule has 34 heavy (non-hydrogen) atoms. The highest BCUT2D eigenvalue weighted by atomic mass is 16.6. The van der Waals surface area contributed by atoms with Gasteiger partial charge in [-0.1, -0.05) is 18.2 Å². The van der Waals surface area contributed by atoms with Gasteiger partial charge in [-0.15, -0.1) is 0 Å². The number of aryl methyl sites for hydroxylation is 1. The second-order valence-electron chi connectivity index (χ2n) is 8.03. The molecule has 0 bridgehead atoms. The summed E-state index contributed by atoms with van der Waals surface area (Å²) in [6, 6.07) is 17.4. The highest BCUT2D eigenvalue weighted by Crippen LogP contribution is 2.30. The van der Waals surface area contributed by atoms with Crippen molar-refractivity contribution in [2.75, 3.05) is 36.5 Å². The van der Waals surface area contributed by atoms with Crippen molar-refractivity contribution in [3.05, 3.63) is 81.9 Å². The van der Waals surface area contributed by atoms with Crippen molar-refractivity contribution in [2.45, 2.75) is 6.92 Å². The van der Waals surface area contributed by atoms with E-state index in [0.717, 1.165) is 11.1 Å². The fourth-order valence-electron chi connectivity index (χ4n) is 3.97. The van der Waals surface area contributed by atoms with E-state index in [1.807, 2.05) is 48.2 Å². The van der Waals surface area contributed by atoms with Crippen LogP contribution in [-0.4, -0.2) is 42.1 Å². The maximum atomic E-state index is 13.4. The summed E-state index contributed by atoms with van der Waals surface area (Å²) in [5, 5.41) is 14.3. The zero-order valence-corrected chi connectivity index (χ0v) is 18.5. The van der Waals surface area contributed by atoms with Crippen molar-refractivity contribution in [1.29, 1.82) is 0 Å². The SMILES string of the molecule is Cc1ccc(-c2nc3ccccc3o2)cc1NC(=O)c1cc([N+](=O)[O-])ccc1N1CCOCC1. The number of fused-ring (bicyclic) bond motifs is 1. The van der Waals surface area contributed by atoms with E-state index in [0.29, 0.717) is 54.7 Å². The number of hydrogen-bond donors (Lipinski definition) is 1. The van der Waals surface area contributed by atoms with Gasteiger partial charge in [-0.05, 0) is 42.8 Å². The quantitative estimate of drug-likeness (QED) is 0.338. The number of nitro groups is 1. The molecule has 1 fully saturated rings. The number of amides is 1. The molecule has 1 saturated heterocycles. The maximum Gasteiger partial charge on any atom is 0.270 e. The van der Waals surface area contributed by atoms with Gasteiger partial charge < -0.3 is 19.4 Å². The third-order valence-corrected chi connectivity index (χ3v) is 5.81. The summed E-state index contributed by atoms with van der Waals surface area (Å²) in [6.45, 7) is 4.14. The lowest BCUT2D eigenvalue weighted by molar-refractivity contribution is -0.384. The molecule has 1 aromatic heterocycles. The summed E-state index contributed by atoms with van der Waals surface area (Å²) >= 11 is 0. The number of carbonyl (C=O) groups excluding carboxylic acids is 1. The number of nitrogens with one attached hydrogen (secondary N) is 1. The molecule has 4 aromatic rings. The fraction of sp³-hybridized carbons (Fsp3) is 0.200. The number of non-ortho nitro benzene ring substituents is 1. The normalized spacial score (nSPS) is 13.7. The molecule has 0 atom stereocenters. The molecule has 1 amide bonds. The number of para-hydroxylation sites is 2. The minimum atomic E-state index is -0.501. The summed E-state index contributed by atoms with van der Waals surface area (Å²) in [5.41, 5.74) is 4.28. The molecular formula is C25H22N4O5. The highest BCUT2D eigenvalue weighted by molar-refractivity contribution is 6.09. The monoisotopic (exact) mass is 458 g/mol. The van der Waals surface area contributed by atoms with Crippen molar-refractivity contribution in [3.8, 4) is 11.5 Å².